The summed E-state index contributed by atoms with van der Waals surface area (Å²) < 4.78 is 31.0. The third kappa shape index (κ3) is 5.98. The maximum Gasteiger partial charge on any atom is 0.337 e. The fourth-order valence-electron chi connectivity index (χ4n) is 2.14. The molecule has 0 radical (unpaired) electrons. The van der Waals surface area contributed by atoms with Crippen LogP contribution in [0.1, 0.15) is 26.3 Å². The molecule has 2 rings (SSSR count). The molecule has 0 aliphatic carbocycles. The standard InChI is InChI=1S/C18H20N2O5S/c1-25-18(22)16-9-7-15(8-10-16)17(21)19-11-12-26(23,24)20-13-14-5-3-2-4-6-14/h2-10,20H,11-13H2,1H3,(H,19,21). The molecule has 2 N–H and O–H groups in total. The summed E-state index contributed by atoms with van der Waals surface area (Å²) in [6.45, 7) is 0.174. The van der Waals surface area contributed by atoms with E-state index in [1.807, 2.05) is 30.3 Å². The monoisotopic (exact) mass is 376 g/mol. The van der Waals surface area contributed by atoms with E-state index >= 15 is 0 Å². The van der Waals surface area contributed by atoms with Crippen LogP contribution >= 0.6 is 0 Å². The fourth-order valence-corrected chi connectivity index (χ4v) is 3.04. The number of hydrogen-bond acceptors (Lipinski definition) is 5. The normalized spacial score (nSPS) is 11.0. The van der Waals surface area contributed by atoms with E-state index in [1.54, 1.807) is 0 Å². The highest BCUT2D eigenvalue weighted by molar-refractivity contribution is 7.89. The molecule has 0 aliphatic heterocycles. The van der Waals surface area contributed by atoms with E-state index in [-0.39, 0.29) is 18.8 Å². The van der Waals surface area contributed by atoms with E-state index in [2.05, 4.69) is 14.8 Å². The number of benzene rings is 2. The number of esters is 1. The second-order valence-electron chi connectivity index (χ2n) is 5.45. The molecule has 2 aromatic carbocycles. The number of sulfonamides is 1. The Labute approximate surface area is 152 Å². The Morgan fingerprint density at radius 1 is 0.962 bits per heavy atom. The Kier molecular flexibility index (Phi) is 6.88. The second-order valence-corrected chi connectivity index (χ2v) is 7.38. The van der Waals surface area contributed by atoms with Gasteiger partial charge in [-0.2, -0.15) is 0 Å². The van der Waals surface area contributed by atoms with Gasteiger partial charge in [0.05, 0.1) is 18.4 Å². The van der Waals surface area contributed by atoms with E-state index in [0.29, 0.717) is 11.1 Å². The van der Waals surface area contributed by atoms with Crippen LogP contribution in [-0.4, -0.2) is 39.7 Å². The molecule has 0 unspecified atom stereocenters. The summed E-state index contributed by atoms with van der Waals surface area (Å²) in [4.78, 5) is 23.4. The van der Waals surface area contributed by atoms with Crippen molar-refractivity contribution in [3.05, 3.63) is 71.3 Å². The number of amides is 1. The predicted molar refractivity (Wildman–Crippen MR) is 97.2 cm³/mol. The number of hydrogen-bond donors (Lipinski definition) is 2. The van der Waals surface area contributed by atoms with Crippen LogP contribution in [0.25, 0.3) is 0 Å². The van der Waals surface area contributed by atoms with Crippen LogP contribution in [0, 0.1) is 0 Å². The molecule has 0 aromatic heterocycles. The van der Waals surface area contributed by atoms with E-state index in [4.69, 9.17) is 0 Å². The van der Waals surface area contributed by atoms with Gasteiger partial charge in [-0.1, -0.05) is 30.3 Å². The quantitative estimate of drug-likeness (QED) is 0.677. The van der Waals surface area contributed by atoms with Crippen LogP contribution in [0.15, 0.2) is 54.6 Å². The van der Waals surface area contributed by atoms with E-state index < -0.39 is 21.9 Å². The molecule has 1 amide bonds. The molecule has 138 valence electrons. The molecule has 8 heteroatoms. The SMILES string of the molecule is COC(=O)c1ccc(C(=O)NCCS(=O)(=O)NCc2ccccc2)cc1. The molecular weight excluding hydrogens is 356 g/mol. The lowest BCUT2D eigenvalue weighted by Crippen LogP contribution is -2.34. The van der Waals surface area contributed by atoms with Crippen LogP contribution in [0.2, 0.25) is 0 Å². The van der Waals surface area contributed by atoms with Gasteiger partial charge < -0.3 is 10.1 Å². The lowest BCUT2D eigenvalue weighted by molar-refractivity contribution is 0.0600. The smallest absolute Gasteiger partial charge is 0.337 e. The number of carbonyl (C=O) groups is 2. The van der Waals surface area contributed by atoms with Gasteiger partial charge in [0, 0.05) is 18.7 Å². The van der Waals surface area contributed by atoms with Crippen molar-refractivity contribution in [3.63, 3.8) is 0 Å². The number of ether oxygens (including phenoxy) is 1. The second kappa shape index (κ2) is 9.12. The highest BCUT2D eigenvalue weighted by atomic mass is 32.2. The minimum absolute atomic E-state index is 0.0261. The van der Waals surface area contributed by atoms with Crippen LogP contribution in [0.5, 0.6) is 0 Å². The third-order valence-electron chi connectivity index (χ3n) is 3.56. The molecule has 0 atom stereocenters. The van der Waals surface area contributed by atoms with E-state index in [9.17, 15) is 18.0 Å². The molecular formula is C18H20N2O5S. The van der Waals surface area contributed by atoms with Crippen LogP contribution in [0.4, 0.5) is 0 Å². The third-order valence-corrected chi connectivity index (χ3v) is 4.89. The molecule has 0 heterocycles. The van der Waals surface area contributed by atoms with Gasteiger partial charge >= 0.3 is 5.97 Å². The summed E-state index contributed by atoms with van der Waals surface area (Å²) in [7, 11) is -2.23. The molecule has 0 spiro atoms. The average molecular weight is 376 g/mol. The fraction of sp³-hybridized carbons (Fsp3) is 0.222. The topological polar surface area (TPSA) is 102 Å². The Morgan fingerprint density at radius 3 is 2.19 bits per heavy atom. The summed E-state index contributed by atoms with van der Waals surface area (Å²) in [5.74, 6) is -1.14. The Balaban J connectivity index is 1.80. The zero-order valence-corrected chi connectivity index (χ0v) is 15.1. The molecule has 0 fully saturated rings. The zero-order chi connectivity index (χ0) is 19.0. The van der Waals surface area contributed by atoms with Crippen molar-refractivity contribution in [2.24, 2.45) is 0 Å². The Bertz CT molecular complexity index is 849. The van der Waals surface area contributed by atoms with E-state index in [0.717, 1.165) is 5.56 Å². The molecule has 2 aromatic rings. The van der Waals surface area contributed by atoms with Crippen molar-refractivity contribution in [1.82, 2.24) is 10.0 Å². The molecule has 0 saturated carbocycles. The van der Waals surface area contributed by atoms with Gasteiger partial charge in [0.2, 0.25) is 10.0 Å². The molecule has 0 aliphatic rings. The van der Waals surface area contributed by atoms with Gasteiger partial charge in [-0.05, 0) is 29.8 Å². The van der Waals surface area contributed by atoms with Crippen molar-refractivity contribution in [2.45, 2.75) is 6.54 Å². The summed E-state index contributed by atoms with van der Waals surface area (Å²) in [6.07, 6.45) is 0. The summed E-state index contributed by atoms with van der Waals surface area (Å²) in [5, 5.41) is 2.54. The van der Waals surface area contributed by atoms with Crippen molar-refractivity contribution >= 4 is 21.9 Å². The van der Waals surface area contributed by atoms with Gasteiger partial charge in [0.15, 0.2) is 0 Å². The largest absolute Gasteiger partial charge is 0.465 e. The summed E-state index contributed by atoms with van der Waals surface area (Å²) in [5.41, 5.74) is 1.51. The summed E-state index contributed by atoms with van der Waals surface area (Å²) >= 11 is 0. The lowest BCUT2D eigenvalue weighted by Gasteiger charge is -2.08. The van der Waals surface area contributed by atoms with Crippen molar-refractivity contribution in [2.75, 3.05) is 19.4 Å². The molecule has 0 saturated heterocycles. The van der Waals surface area contributed by atoms with Crippen LogP contribution < -0.4 is 10.0 Å². The van der Waals surface area contributed by atoms with Crippen molar-refractivity contribution in [1.29, 1.82) is 0 Å². The molecule has 0 bridgehead atoms. The number of carbonyl (C=O) groups excluding carboxylic acids is 2. The van der Waals surface area contributed by atoms with E-state index in [1.165, 1.54) is 31.4 Å². The molecule has 26 heavy (non-hydrogen) atoms. The van der Waals surface area contributed by atoms with Gasteiger partial charge in [0.1, 0.15) is 0 Å². The first kappa shape index (κ1) is 19.6. The molecule has 7 nitrogen and oxygen atoms in total. The van der Waals surface area contributed by atoms with Gasteiger partial charge in [-0.3, -0.25) is 4.79 Å². The number of rotatable bonds is 8. The Morgan fingerprint density at radius 2 is 1.58 bits per heavy atom. The average Bonchev–Trinajstić information content (AvgIpc) is 2.66. The first-order chi connectivity index (χ1) is 12.4. The highest BCUT2D eigenvalue weighted by Gasteiger charge is 2.12. The Hall–Kier alpha value is -2.71. The van der Waals surface area contributed by atoms with Gasteiger partial charge in [-0.25, -0.2) is 17.9 Å². The maximum absolute atomic E-state index is 12.0. The summed E-state index contributed by atoms with van der Waals surface area (Å²) in [6, 6.07) is 15.0. The van der Waals surface area contributed by atoms with Gasteiger partial charge in [-0.15, -0.1) is 0 Å². The first-order valence-corrected chi connectivity index (χ1v) is 9.54. The van der Waals surface area contributed by atoms with Gasteiger partial charge in [0.25, 0.3) is 5.91 Å². The van der Waals surface area contributed by atoms with Crippen molar-refractivity contribution < 1.29 is 22.7 Å². The number of nitrogens with one attached hydrogen (secondary N) is 2. The minimum atomic E-state index is -3.50. The highest BCUT2D eigenvalue weighted by Crippen LogP contribution is 2.05. The number of methoxy groups -OCH3 is 1. The first-order valence-electron chi connectivity index (χ1n) is 7.89. The predicted octanol–water partition coefficient (Wildman–Crippen LogP) is 1.32. The lowest BCUT2D eigenvalue weighted by atomic mass is 10.1. The van der Waals surface area contributed by atoms with Crippen molar-refractivity contribution in [3.8, 4) is 0 Å². The maximum atomic E-state index is 12.0. The minimum Gasteiger partial charge on any atom is -0.465 e. The zero-order valence-electron chi connectivity index (χ0n) is 14.3. The van der Waals surface area contributed by atoms with Crippen LogP contribution in [0.3, 0.4) is 0 Å². The van der Waals surface area contributed by atoms with Crippen LogP contribution in [-0.2, 0) is 21.3 Å².